The van der Waals surface area contributed by atoms with Gasteiger partial charge in [-0.15, -0.1) is 0 Å². The Morgan fingerprint density at radius 2 is 1.50 bits per heavy atom. The molecule has 0 unspecified atom stereocenters. The minimum atomic E-state index is -0.0229. The lowest BCUT2D eigenvalue weighted by Crippen LogP contribution is -2.37. The number of carbonyl (C=O) groups excluding carboxylic acids is 1. The summed E-state index contributed by atoms with van der Waals surface area (Å²) in [5, 5.41) is 2.98. The number of urea groups is 1. The summed E-state index contributed by atoms with van der Waals surface area (Å²) in [7, 11) is 1.62. The van der Waals surface area contributed by atoms with Crippen molar-refractivity contribution in [1.82, 2.24) is 4.90 Å². The second kappa shape index (κ2) is 9.13. The summed E-state index contributed by atoms with van der Waals surface area (Å²) in [4.78, 5) is 14.4. The van der Waals surface area contributed by atoms with Crippen LogP contribution in [-0.4, -0.2) is 31.1 Å². The summed E-state index contributed by atoms with van der Waals surface area (Å²) in [5.41, 5.74) is 0.768. The standard InChI is InChI=1S/C21H26N2O3/c1-25-19-9-5-6-10-20(19)26-18-13-11-17(12-14-18)22-21(24)23-15-7-3-2-4-8-16-23/h5-6,9-14H,2-4,7-8,15-16H2,1H3,(H,22,24). The minimum absolute atomic E-state index is 0.0229. The normalized spacial score (nSPS) is 14.9. The highest BCUT2D eigenvalue weighted by atomic mass is 16.5. The summed E-state index contributed by atoms with van der Waals surface area (Å²) in [6.45, 7) is 1.67. The number of likely N-dealkylation sites (tertiary alicyclic amines) is 1. The van der Waals surface area contributed by atoms with Gasteiger partial charge in [0.1, 0.15) is 5.75 Å². The lowest BCUT2D eigenvalue weighted by atomic mass is 10.1. The van der Waals surface area contributed by atoms with E-state index in [2.05, 4.69) is 5.32 Å². The van der Waals surface area contributed by atoms with Crippen molar-refractivity contribution < 1.29 is 14.3 Å². The smallest absolute Gasteiger partial charge is 0.321 e. The topological polar surface area (TPSA) is 50.8 Å². The third kappa shape index (κ3) is 4.91. The van der Waals surface area contributed by atoms with E-state index < -0.39 is 0 Å². The van der Waals surface area contributed by atoms with Gasteiger partial charge in [-0.05, 0) is 49.2 Å². The SMILES string of the molecule is COc1ccccc1Oc1ccc(NC(=O)N2CCCCCCC2)cc1. The van der Waals surface area contributed by atoms with Gasteiger partial charge >= 0.3 is 6.03 Å². The van der Waals surface area contributed by atoms with Crippen LogP contribution in [0, 0.1) is 0 Å². The molecule has 1 aliphatic heterocycles. The van der Waals surface area contributed by atoms with Crippen LogP contribution in [0.15, 0.2) is 48.5 Å². The molecule has 1 aliphatic rings. The zero-order valence-corrected chi connectivity index (χ0v) is 15.2. The van der Waals surface area contributed by atoms with Crippen molar-refractivity contribution in [2.75, 3.05) is 25.5 Å². The van der Waals surface area contributed by atoms with E-state index in [9.17, 15) is 4.79 Å². The summed E-state index contributed by atoms with van der Waals surface area (Å²) in [6.07, 6.45) is 5.86. The highest BCUT2D eigenvalue weighted by Gasteiger charge is 2.14. The molecule has 1 N–H and O–H groups in total. The molecule has 1 fully saturated rings. The van der Waals surface area contributed by atoms with Crippen molar-refractivity contribution in [1.29, 1.82) is 0 Å². The van der Waals surface area contributed by atoms with Crippen LogP contribution in [0.25, 0.3) is 0 Å². The minimum Gasteiger partial charge on any atom is -0.493 e. The Bertz CT molecular complexity index is 707. The molecule has 138 valence electrons. The summed E-state index contributed by atoms with van der Waals surface area (Å²) in [5.74, 6) is 2.04. The highest BCUT2D eigenvalue weighted by molar-refractivity contribution is 5.89. The first-order chi connectivity index (χ1) is 12.8. The molecule has 0 atom stereocenters. The molecule has 0 saturated carbocycles. The summed E-state index contributed by atoms with van der Waals surface area (Å²) < 4.78 is 11.2. The molecule has 5 heteroatoms. The zero-order valence-electron chi connectivity index (χ0n) is 15.2. The quantitative estimate of drug-likeness (QED) is 0.812. The monoisotopic (exact) mass is 354 g/mol. The number of hydrogen-bond acceptors (Lipinski definition) is 3. The van der Waals surface area contributed by atoms with Crippen molar-refractivity contribution in [3.63, 3.8) is 0 Å². The second-order valence-electron chi connectivity index (χ2n) is 6.46. The molecule has 5 nitrogen and oxygen atoms in total. The number of hydrogen-bond donors (Lipinski definition) is 1. The lowest BCUT2D eigenvalue weighted by Gasteiger charge is -2.25. The Hall–Kier alpha value is -2.69. The Morgan fingerprint density at radius 1 is 0.885 bits per heavy atom. The molecule has 0 spiro atoms. The van der Waals surface area contributed by atoms with Crippen LogP contribution in [-0.2, 0) is 0 Å². The van der Waals surface area contributed by atoms with Crippen LogP contribution < -0.4 is 14.8 Å². The highest BCUT2D eigenvalue weighted by Crippen LogP contribution is 2.31. The molecule has 0 aromatic heterocycles. The third-order valence-corrected chi connectivity index (χ3v) is 4.55. The Kier molecular flexibility index (Phi) is 6.36. The number of nitrogens with zero attached hydrogens (tertiary/aromatic N) is 1. The van der Waals surface area contributed by atoms with Crippen molar-refractivity contribution in [2.45, 2.75) is 32.1 Å². The third-order valence-electron chi connectivity index (χ3n) is 4.55. The van der Waals surface area contributed by atoms with E-state index in [0.29, 0.717) is 17.2 Å². The number of nitrogens with one attached hydrogen (secondary N) is 1. The largest absolute Gasteiger partial charge is 0.493 e. The Labute approximate surface area is 154 Å². The van der Waals surface area contributed by atoms with E-state index in [-0.39, 0.29) is 6.03 Å². The molecule has 26 heavy (non-hydrogen) atoms. The van der Waals surface area contributed by atoms with Crippen molar-refractivity contribution in [3.05, 3.63) is 48.5 Å². The van der Waals surface area contributed by atoms with Gasteiger partial charge in [-0.25, -0.2) is 4.79 Å². The van der Waals surface area contributed by atoms with Crippen LogP contribution >= 0.6 is 0 Å². The number of methoxy groups -OCH3 is 1. The number of amides is 2. The molecular formula is C21H26N2O3. The van der Waals surface area contributed by atoms with Crippen LogP contribution in [0.1, 0.15) is 32.1 Å². The van der Waals surface area contributed by atoms with Gasteiger partial charge in [-0.3, -0.25) is 0 Å². The Balaban J connectivity index is 1.59. The van der Waals surface area contributed by atoms with E-state index in [1.807, 2.05) is 53.4 Å². The van der Waals surface area contributed by atoms with E-state index in [0.717, 1.165) is 31.6 Å². The first kappa shape index (κ1) is 18.1. The van der Waals surface area contributed by atoms with Gasteiger partial charge in [0.15, 0.2) is 11.5 Å². The summed E-state index contributed by atoms with van der Waals surface area (Å²) >= 11 is 0. The van der Waals surface area contributed by atoms with Crippen LogP contribution in [0.3, 0.4) is 0 Å². The van der Waals surface area contributed by atoms with E-state index in [1.54, 1.807) is 7.11 Å². The average molecular weight is 354 g/mol. The lowest BCUT2D eigenvalue weighted by molar-refractivity contribution is 0.206. The van der Waals surface area contributed by atoms with E-state index >= 15 is 0 Å². The number of rotatable bonds is 4. The maximum atomic E-state index is 12.5. The molecule has 0 bridgehead atoms. The molecular weight excluding hydrogens is 328 g/mol. The molecule has 1 saturated heterocycles. The second-order valence-corrected chi connectivity index (χ2v) is 6.46. The first-order valence-corrected chi connectivity index (χ1v) is 9.23. The van der Waals surface area contributed by atoms with Gasteiger partial charge in [0, 0.05) is 18.8 Å². The summed E-state index contributed by atoms with van der Waals surface area (Å²) in [6, 6.07) is 14.9. The van der Waals surface area contributed by atoms with Gasteiger partial charge in [0.05, 0.1) is 7.11 Å². The van der Waals surface area contributed by atoms with Gasteiger partial charge in [0.2, 0.25) is 0 Å². The zero-order chi connectivity index (χ0) is 18.2. The maximum Gasteiger partial charge on any atom is 0.321 e. The van der Waals surface area contributed by atoms with Gasteiger partial charge in [0.25, 0.3) is 0 Å². The number of para-hydroxylation sites is 2. The number of anilines is 1. The number of ether oxygens (including phenoxy) is 2. The first-order valence-electron chi connectivity index (χ1n) is 9.23. The fourth-order valence-corrected chi connectivity index (χ4v) is 3.09. The molecule has 3 rings (SSSR count). The van der Waals surface area contributed by atoms with Crippen molar-refractivity contribution in [3.8, 4) is 17.2 Å². The van der Waals surface area contributed by atoms with Crippen molar-refractivity contribution >= 4 is 11.7 Å². The maximum absolute atomic E-state index is 12.5. The van der Waals surface area contributed by atoms with E-state index in [4.69, 9.17) is 9.47 Å². The van der Waals surface area contributed by atoms with Crippen LogP contribution in [0.2, 0.25) is 0 Å². The molecule has 2 aromatic carbocycles. The number of benzene rings is 2. The predicted octanol–water partition coefficient (Wildman–Crippen LogP) is 5.29. The van der Waals surface area contributed by atoms with Gasteiger partial charge in [-0.2, -0.15) is 0 Å². The number of carbonyl (C=O) groups is 1. The fraction of sp³-hybridized carbons (Fsp3) is 0.381. The fourth-order valence-electron chi connectivity index (χ4n) is 3.09. The van der Waals surface area contributed by atoms with Crippen LogP contribution in [0.5, 0.6) is 17.2 Å². The average Bonchev–Trinajstić information content (AvgIpc) is 2.63. The van der Waals surface area contributed by atoms with Gasteiger partial charge < -0.3 is 19.7 Å². The molecule has 2 amide bonds. The van der Waals surface area contributed by atoms with Crippen molar-refractivity contribution in [2.24, 2.45) is 0 Å². The molecule has 2 aromatic rings. The van der Waals surface area contributed by atoms with Crippen LogP contribution in [0.4, 0.5) is 10.5 Å². The Morgan fingerprint density at radius 3 is 2.15 bits per heavy atom. The molecule has 0 aliphatic carbocycles. The molecule has 1 heterocycles. The van der Waals surface area contributed by atoms with Gasteiger partial charge in [-0.1, -0.05) is 31.4 Å². The van der Waals surface area contributed by atoms with E-state index in [1.165, 1.54) is 19.3 Å². The predicted molar refractivity (Wildman–Crippen MR) is 103 cm³/mol. The molecule has 0 radical (unpaired) electrons.